The second kappa shape index (κ2) is 11.2. The number of amidine groups is 1. The molecule has 2 aromatic rings. The van der Waals surface area contributed by atoms with E-state index < -0.39 is 0 Å². The van der Waals surface area contributed by atoms with E-state index in [9.17, 15) is 0 Å². The van der Waals surface area contributed by atoms with Crippen LogP contribution >= 0.6 is 11.3 Å². The molecule has 2 heterocycles. The Morgan fingerprint density at radius 1 is 1.36 bits per heavy atom. The van der Waals surface area contributed by atoms with Gasteiger partial charge in [-0.05, 0) is 30.9 Å². The summed E-state index contributed by atoms with van der Waals surface area (Å²) in [5.41, 5.74) is 10.5. The van der Waals surface area contributed by atoms with Gasteiger partial charge in [0.2, 0.25) is 5.13 Å². The van der Waals surface area contributed by atoms with Gasteiger partial charge in [-0.1, -0.05) is 43.7 Å². The molecular formula is C22H29N5S. The summed E-state index contributed by atoms with van der Waals surface area (Å²) < 4.78 is 0. The van der Waals surface area contributed by atoms with Crippen LogP contribution < -0.4 is 5.73 Å². The molecule has 0 saturated heterocycles. The molecule has 1 aliphatic rings. The van der Waals surface area contributed by atoms with Crippen molar-refractivity contribution in [3.8, 4) is 0 Å². The number of hydrogen-bond donors (Lipinski definition) is 2. The minimum absolute atomic E-state index is 0.520. The number of hydrogen-bond acceptors (Lipinski definition) is 5. The van der Waals surface area contributed by atoms with Crippen LogP contribution in [0.2, 0.25) is 0 Å². The Morgan fingerprint density at radius 3 is 2.68 bits per heavy atom. The van der Waals surface area contributed by atoms with Crippen molar-refractivity contribution in [2.24, 2.45) is 10.7 Å². The van der Waals surface area contributed by atoms with Crippen LogP contribution in [0.25, 0.3) is 0 Å². The number of nitrogens with two attached hydrogens (primary N) is 1. The zero-order valence-electron chi connectivity index (χ0n) is 16.9. The lowest BCUT2D eigenvalue weighted by Crippen LogP contribution is -2.16. The summed E-state index contributed by atoms with van der Waals surface area (Å²) in [4.78, 5) is 10.4. The van der Waals surface area contributed by atoms with E-state index in [1.807, 2.05) is 37.7 Å². The van der Waals surface area contributed by atoms with Crippen LogP contribution in [0.4, 0.5) is 5.13 Å². The van der Waals surface area contributed by atoms with Crippen LogP contribution in [-0.4, -0.2) is 35.5 Å². The van der Waals surface area contributed by atoms with E-state index in [4.69, 9.17) is 11.1 Å². The predicted octanol–water partition coefficient (Wildman–Crippen LogP) is 4.93. The van der Waals surface area contributed by atoms with Crippen LogP contribution in [0.15, 0.2) is 64.3 Å². The number of allylic oxidation sites excluding steroid dienone is 2. The largest absolute Gasteiger partial charge is 0.383 e. The molecule has 0 saturated carbocycles. The van der Waals surface area contributed by atoms with Crippen molar-refractivity contribution in [1.82, 2.24) is 9.88 Å². The Labute approximate surface area is 171 Å². The van der Waals surface area contributed by atoms with Gasteiger partial charge >= 0.3 is 0 Å². The molecule has 1 aromatic heterocycles. The lowest BCUT2D eigenvalue weighted by atomic mass is 10.1. The Morgan fingerprint density at radius 2 is 2.11 bits per heavy atom. The highest BCUT2D eigenvalue weighted by Gasteiger charge is 2.03. The average Bonchev–Trinajstić information content (AvgIpc) is 3.22. The Kier molecular flexibility index (Phi) is 8.62. The van der Waals surface area contributed by atoms with Crippen molar-refractivity contribution in [2.45, 2.75) is 33.1 Å². The van der Waals surface area contributed by atoms with E-state index in [0.717, 1.165) is 24.1 Å². The number of nitrogens with zero attached hydrogens (tertiary/aromatic N) is 3. The van der Waals surface area contributed by atoms with Gasteiger partial charge in [0, 0.05) is 48.7 Å². The molecule has 0 unspecified atom stereocenters. The smallest absolute Gasteiger partial charge is 0.210 e. The summed E-state index contributed by atoms with van der Waals surface area (Å²) in [6.07, 6.45) is 10.8. The van der Waals surface area contributed by atoms with Gasteiger partial charge in [0.1, 0.15) is 5.84 Å². The highest BCUT2D eigenvalue weighted by Crippen LogP contribution is 2.16. The predicted molar refractivity (Wildman–Crippen MR) is 121 cm³/mol. The van der Waals surface area contributed by atoms with E-state index in [2.05, 4.69) is 40.0 Å². The molecule has 0 spiro atoms. The molecule has 0 atom stereocenters. The summed E-state index contributed by atoms with van der Waals surface area (Å²) in [5, 5.41) is 9.64. The Bertz CT molecular complexity index is 832. The number of benzene rings is 1. The standard InChI is InChI=1S/C14H17N3S.C8H12N2/c1-2-3-4-11-5-7-12(8-6-11)13(15)17-14-16-9-10-18-14;1-7-3-4-10(2)6-8(7)5-9/h5-10H,2-4H2,1H3,(H2,15,16,17);3,5-6,9H,4H2,1-2H3. The number of rotatable bonds is 6. The van der Waals surface area contributed by atoms with Crippen LogP contribution in [0.3, 0.4) is 0 Å². The molecule has 0 bridgehead atoms. The number of unbranched alkanes of at least 4 members (excludes halogenated alkanes) is 1. The number of likely N-dealkylation sites (N-methyl/N-ethyl adjacent to an activating group) is 1. The molecule has 3 N–H and O–H groups in total. The molecule has 5 nitrogen and oxygen atoms in total. The molecule has 1 aromatic carbocycles. The van der Waals surface area contributed by atoms with Gasteiger partial charge in [-0.25, -0.2) is 9.98 Å². The van der Waals surface area contributed by atoms with Gasteiger partial charge in [0.15, 0.2) is 0 Å². The summed E-state index contributed by atoms with van der Waals surface area (Å²) in [7, 11) is 2.01. The van der Waals surface area contributed by atoms with Crippen molar-refractivity contribution in [3.05, 3.63) is 70.4 Å². The molecule has 1 aliphatic heterocycles. The fraction of sp³-hybridized carbons (Fsp3) is 0.318. The first-order chi connectivity index (χ1) is 13.5. The quantitative estimate of drug-likeness (QED) is 0.537. The highest BCUT2D eigenvalue weighted by atomic mass is 32.1. The molecule has 0 fully saturated rings. The number of nitrogens with one attached hydrogen (secondary N) is 1. The lowest BCUT2D eigenvalue weighted by molar-refractivity contribution is 0.500. The van der Waals surface area contributed by atoms with Gasteiger partial charge in [0.05, 0.1) is 0 Å². The monoisotopic (exact) mass is 395 g/mol. The molecule has 6 heteroatoms. The Balaban J connectivity index is 0.000000237. The van der Waals surface area contributed by atoms with E-state index in [1.165, 1.54) is 41.5 Å². The second-order valence-electron chi connectivity index (χ2n) is 6.67. The van der Waals surface area contributed by atoms with Gasteiger partial charge < -0.3 is 16.0 Å². The van der Waals surface area contributed by atoms with Crippen molar-refractivity contribution < 1.29 is 0 Å². The van der Waals surface area contributed by atoms with E-state index in [0.29, 0.717) is 11.0 Å². The van der Waals surface area contributed by atoms with E-state index in [1.54, 1.807) is 6.20 Å². The molecule has 0 radical (unpaired) electrons. The third kappa shape index (κ3) is 6.78. The van der Waals surface area contributed by atoms with E-state index in [-0.39, 0.29) is 0 Å². The summed E-state index contributed by atoms with van der Waals surface area (Å²) in [6.45, 7) is 5.19. The molecule has 0 aliphatic carbocycles. The maximum Gasteiger partial charge on any atom is 0.210 e. The zero-order chi connectivity index (χ0) is 20.4. The van der Waals surface area contributed by atoms with Crippen LogP contribution in [0, 0.1) is 5.41 Å². The average molecular weight is 396 g/mol. The number of aromatic nitrogens is 1. The third-order valence-electron chi connectivity index (χ3n) is 4.36. The van der Waals surface area contributed by atoms with Crippen molar-refractivity contribution in [3.63, 3.8) is 0 Å². The molecule has 28 heavy (non-hydrogen) atoms. The maximum absolute atomic E-state index is 7.06. The van der Waals surface area contributed by atoms with Gasteiger partial charge in [-0.2, -0.15) is 0 Å². The molecule has 0 amide bonds. The molecular weight excluding hydrogens is 366 g/mol. The van der Waals surface area contributed by atoms with Crippen molar-refractivity contribution in [2.75, 3.05) is 13.6 Å². The number of aryl methyl sites for hydroxylation is 1. The molecule has 3 rings (SSSR count). The summed E-state index contributed by atoms with van der Waals surface area (Å²) in [6, 6.07) is 8.29. The van der Waals surface area contributed by atoms with Gasteiger partial charge in [-0.3, -0.25) is 0 Å². The first-order valence-corrected chi connectivity index (χ1v) is 10.3. The summed E-state index contributed by atoms with van der Waals surface area (Å²) in [5.74, 6) is 0.520. The Hall–Kier alpha value is -2.73. The minimum Gasteiger partial charge on any atom is -0.383 e. The van der Waals surface area contributed by atoms with Gasteiger partial charge in [0.25, 0.3) is 0 Å². The topological polar surface area (TPSA) is 78.4 Å². The zero-order valence-corrected chi connectivity index (χ0v) is 17.7. The minimum atomic E-state index is 0.520. The molecule has 148 valence electrons. The maximum atomic E-state index is 7.06. The first kappa shape index (κ1) is 21.6. The SMILES string of the molecule is CC1=CCN(C)C=C1C=N.CCCCc1ccc(/C(N)=N/c2nccs2)cc1. The van der Waals surface area contributed by atoms with Crippen molar-refractivity contribution in [1.29, 1.82) is 5.41 Å². The second-order valence-corrected chi connectivity index (χ2v) is 7.54. The number of thiazole rings is 1. The first-order valence-electron chi connectivity index (χ1n) is 9.46. The highest BCUT2D eigenvalue weighted by molar-refractivity contribution is 7.13. The summed E-state index contributed by atoms with van der Waals surface area (Å²) >= 11 is 1.48. The fourth-order valence-electron chi connectivity index (χ4n) is 2.60. The van der Waals surface area contributed by atoms with Crippen LogP contribution in [0.1, 0.15) is 37.8 Å². The number of aliphatic imine (C=N–C) groups is 1. The fourth-order valence-corrected chi connectivity index (χ4v) is 3.12. The van der Waals surface area contributed by atoms with Crippen LogP contribution in [0.5, 0.6) is 0 Å². The van der Waals surface area contributed by atoms with Gasteiger partial charge in [-0.15, -0.1) is 11.3 Å². The van der Waals surface area contributed by atoms with E-state index >= 15 is 0 Å². The van der Waals surface area contributed by atoms with Crippen molar-refractivity contribution >= 4 is 28.5 Å². The third-order valence-corrected chi connectivity index (χ3v) is 5.03. The lowest BCUT2D eigenvalue weighted by Gasteiger charge is -2.18. The normalized spacial score (nSPS) is 14.0. The van der Waals surface area contributed by atoms with Crippen LogP contribution in [-0.2, 0) is 6.42 Å².